The largest absolute Gasteiger partial charge is 0.471 e. The van der Waals surface area contributed by atoms with Crippen LogP contribution in [0.2, 0.25) is 0 Å². The summed E-state index contributed by atoms with van der Waals surface area (Å²) in [6, 6.07) is 3.00. The zero-order chi connectivity index (χ0) is 17.1. The van der Waals surface area contributed by atoms with E-state index in [9.17, 15) is 13.6 Å². The summed E-state index contributed by atoms with van der Waals surface area (Å²) in [5.74, 6) is -0.158. The highest BCUT2D eigenvalue weighted by molar-refractivity contribution is 6.02. The van der Waals surface area contributed by atoms with Crippen LogP contribution < -0.4 is 10.1 Å². The zero-order valence-electron chi connectivity index (χ0n) is 13.0. The molecule has 2 aromatic rings. The Morgan fingerprint density at radius 1 is 1.58 bits per heavy atom. The number of anilines is 1. The Labute approximate surface area is 136 Å². The van der Waals surface area contributed by atoms with Gasteiger partial charge in [0.25, 0.3) is 12.3 Å². The van der Waals surface area contributed by atoms with Crippen molar-refractivity contribution in [2.45, 2.75) is 25.4 Å². The number of H-pyrrole nitrogens is 1. The second kappa shape index (κ2) is 6.95. The summed E-state index contributed by atoms with van der Waals surface area (Å²) in [6.45, 7) is -0.0655. The van der Waals surface area contributed by atoms with Gasteiger partial charge < -0.3 is 14.8 Å². The third-order valence-electron chi connectivity index (χ3n) is 3.56. The molecule has 0 radical (unpaired) electrons. The van der Waals surface area contributed by atoms with Gasteiger partial charge >= 0.3 is 0 Å². The summed E-state index contributed by atoms with van der Waals surface area (Å²) in [7, 11) is 1.52. The monoisotopic (exact) mass is 341 g/mol. The molecule has 130 valence electrons. The number of carbonyl (C=O) groups excluding carboxylic acids is 1. The molecule has 1 atom stereocenters. The van der Waals surface area contributed by atoms with Crippen molar-refractivity contribution in [2.75, 3.05) is 18.5 Å². The lowest BCUT2D eigenvalue weighted by molar-refractivity contribution is 0.0792. The van der Waals surface area contributed by atoms with Gasteiger partial charge in [-0.1, -0.05) is 0 Å². The maximum absolute atomic E-state index is 12.3. The second-order valence-corrected chi connectivity index (χ2v) is 5.36. The van der Waals surface area contributed by atoms with Crippen LogP contribution in [-0.4, -0.2) is 45.5 Å². The molecule has 3 heterocycles. The van der Waals surface area contributed by atoms with Crippen LogP contribution >= 0.6 is 0 Å². The molecule has 0 bridgehead atoms. The summed E-state index contributed by atoms with van der Waals surface area (Å²) >= 11 is 0. The first-order valence-corrected chi connectivity index (χ1v) is 7.46. The van der Waals surface area contributed by atoms with Gasteiger partial charge in [-0.2, -0.15) is 5.10 Å². The minimum Gasteiger partial charge on any atom is -0.471 e. The van der Waals surface area contributed by atoms with Crippen LogP contribution in [0.4, 0.5) is 14.6 Å². The molecule has 1 saturated heterocycles. The Kier molecular flexibility index (Phi) is 4.74. The smallest absolute Gasteiger partial charge is 0.275 e. The highest BCUT2D eigenvalue weighted by Gasteiger charge is 2.21. The summed E-state index contributed by atoms with van der Waals surface area (Å²) in [5.41, 5.74) is 0.967. The number of amides is 1. The summed E-state index contributed by atoms with van der Waals surface area (Å²) in [5, 5.41) is 13.3. The number of aromatic amines is 1. The molecule has 0 saturated carbocycles. The maximum Gasteiger partial charge on any atom is 0.275 e. The van der Waals surface area contributed by atoms with Gasteiger partial charge in [-0.25, -0.2) is 8.78 Å². The van der Waals surface area contributed by atoms with Crippen molar-refractivity contribution in [2.24, 2.45) is 7.05 Å². The van der Waals surface area contributed by atoms with Gasteiger partial charge in [0, 0.05) is 25.8 Å². The summed E-state index contributed by atoms with van der Waals surface area (Å²) < 4.78 is 35.9. The fourth-order valence-electron chi connectivity index (χ4n) is 2.44. The molecule has 1 amide bonds. The maximum atomic E-state index is 12.3. The topological polar surface area (TPSA) is 94.1 Å². The van der Waals surface area contributed by atoms with Crippen LogP contribution in [0.15, 0.2) is 12.1 Å². The minimum atomic E-state index is -2.61. The molecular weight excluding hydrogens is 324 g/mol. The lowest BCUT2D eigenvalue weighted by Crippen LogP contribution is -2.16. The van der Waals surface area contributed by atoms with Gasteiger partial charge in [0.15, 0.2) is 12.4 Å². The van der Waals surface area contributed by atoms with E-state index in [1.165, 1.54) is 17.8 Å². The number of aryl methyl sites for hydroxylation is 1. The average Bonchev–Trinajstić information content (AvgIpc) is 3.24. The number of aromatic nitrogens is 4. The lowest BCUT2D eigenvalue weighted by atomic mass is 10.2. The van der Waals surface area contributed by atoms with Crippen LogP contribution in [0, 0.1) is 0 Å². The van der Waals surface area contributed by atoms with E-state index in [-0.39, 0.29) is 17.7 Å². The minimum absolute atomic E-state index is 0.0331. The summed E-state index contributed by atoms with van der Waals surface area (Å²) in [4.78, 5) is 12.3. The van der Waals surface area contributed by atoms with Crippen molar-refractivity contribution < 1.29 is 23.0 Å². The molecule has 10 heteroatoms. The van der Waals surface area contributed by atoms with E-state index >= 15 is 0 Å². The van der Waals surface area contributed by atoms with Crippen LogP contribution in [-0.2, 0) is 11.8 Å². The Morgan fingerprint density at radius 3 is 3.12 bits per heavy atom. The fourth-order valence-corrected chi connectivity index (χ4v) is 2.44. The van der Waals surface area contributed by atoms with Crippen molar-refractivity contribution in [3.8, 4) is 5.88 Å². The van der Waals surface area contributed by atoms with E-state index in [1.54, 1.807) is 6.07 Å². The number of rotatable bonds is 6. The van der Waals surface area contributed by atoms with Crippen LogP contribution in [0.25, 0.3) is 0 Å². The van der Waals surface area contributed by atoms with E-state index in [4.69, 9.17) is 9.47 Å². The summed E-state index contributed by atoms with van der Waals surface area (Å²) in [6.07, 6.45) is -0.747. The van der Waals surface area contributed by atoms with E-state index < -0.39 is 18.9 Å². The van der Waals surface area contributed by atoms with Crippen molar-refractivity contribution in [1.82, 2.24) is 20.0 Å². The van der Waals surface area contributed by atoms with E-state index in [2.05, 4.69) is 20.6 Å². The van der Waals surface area contributed by atoms with Gasteiger partial charge in [0.05, 0.1) is 11.8 Å². The Balaban J connectivity index is 1.64. The molecule has 0 unspecified atom stereocenters. The molecule has 1 aliphatic heterocycles. The molecule has 1 aliphatic rings. The molecular formula is C14H17F2N5O3. The highest BCUT2D eigenvalue weighted by atomic mass is 19.3. The number of hydrogen-bond donors (Lipinski definition) is 2. The third-order valence-corrected chi connectivity index (χ3v) is 3.56. The predicted octanol–water partition coefficient (Wildman–Crippen LogP) is 1.89. The second-order valence-electron chi connectivity index (χ2n) is 5.36. The van der Waals surface area contributed by atoms with Crippen molar-refractivity contribution >= 4 is 11.7 Å². The van der Waals surface area contributed by atoms with Gasteiger partial charge in [0.2, 0.25) is 5.88 Å². The molecule has 0 aromatic carbocycles. The van der Waals surface area contributed by atoms with Crippen molar-refractivity contribution in [3.05, 3.63) is 23.5 Å². The number of nitrogens with zero attached hydrogens (tertiary/aromatic N) is 3. The SMILES string of the molecule is Cn1nc(OCC(F)F)cc1C(=O)Nc1cc([C@H]2CCCO2)[nH]n1. The molecule has 2 aromatic heterocycles. The number of nitrogens with one attached hydrogen (secondary N) is 2. The van der Waals surface area contributed by atoms with E-state index in [1.807, 2.05) is 0 Å². The number of carbonyl (C=O) groups is 1. The van der Waals surface area contributed by atoms with Gasteiger partial charge in [0.1, 0.15) is 5.69 Å². The molecule has 0 spiro atoms. The molecule has 2 N–H and O–H groups in total. The number of alkyl halides is 2. The lowest BCUT2D eigenvalue weighted by Gasteiger charge is -2.04. The quantitative estimate of drug-likeness (QED) is 0.837. The van der Waals surface area contributed by atoms with Gasteiger partial charge in [-0.3, -0.25) is 14.6 Å². The highest BCUT2D eigenvalue weighted by Crippen LogP contribution is 2.28. The van der Waals surface area contributed by atoms with E-state index in [0.29, 0.717) is 12.4 Å². The molecule has 1 fully saturated rings. The standard InChI is InChI=1S/C14H17F2N5O3/c1-21-9(6-13(20-21)24-7-11(15)16)14(22)17-12-5-8(18-19-12)10-3-2-4-23-10/h5-6,10-11H,2-4,7H2,1H3,(H2,17,18,19,22)/t10-/m1/s1. The third kappa shape index (κ3) is 3.70. The van der Waals surface area contributed by atoms with Crippen LogP contribution in [0.3, 0.4) is 0 Å². The Bertz CT molecular complexity index is 709. The average molecular weight is 341 g/mol. The molecule has 8 nitrogen and oxygen atoms in total. The van der Waals surface area contributed by atoms with E-state index in [0.717, 1.165) is 18.5 Å². The van der Waals surface area contributed by atoms with Crippen LogP contribution in [0.1, 0.15) is 35.1 Å². The Morgan fingerprint density at radius 2 is 2.42 bits per heavy atom. The Hall–Kier alpha value is -2.49. The first kappa shape index (κ1) is 16.4. The van der Waals surface area contributed by atoms with Crippen molar-refractivity contribution in [1.29, 1.82) is 0 Å². The normalized spacial score (nSPS) is 17.4. The number of hydrogen-bond acceptors (Lipinski definition) is 5. The first-order chi connectivity index (χ1) is 11.5. The molecule has 24 heavy (non-hydrogen) atoms. The first-order valence-electron chi connectivity index (χ1n) is 7.46. The molecule has 3 rings (SSSR count). The number of ether oxygens (including phenoxy) is 2. The zero-order valence-corrected chi connectivity index (χ0v) is 13.0. The molecule has 0 aliphatic carbocycles. The van der Waals surface area contributed by atoms with Crippen molar-refractivity contribution in [3.63, 3.8) is 0 Å². The predicted molar refractivity (Wildman–Crippen MR) is 79.2 cm³/mol. The number of halogens is 2. The van der Waals surface area contributed by atoms with Gasteiger partial charge in [-0.15, -0.1) is 5.10 Å². The van der Waals surface area contributed by atoms with Crippen LogP contribution in [0.5, 0.6) is 5.88 Å². The fraction of sp³-hybridized carbons (Fsp3) is 0.500. The van der Waals surface area contributed by atoms with Gasteiger partial charge in [-0.05, 0) is 12.8 Å².